The predicted octanol–water partition coefficient (Wildman–Crippen LogP) is 3.36. The molecule has 1 fully saturated rings. The molecule has 7 heteroatoms. The lowest BCUT2D eigenvalue weighted by Crippen LogP contribution is -2.38. The highest BCUT2D eigenvalue weighted by Crippen LogP contribution is 2.32. The van der Waals surface area contributed by atoms with Crippen molar-refractivity contribution in [2.75, 3.05) is 0 Å². The number of thioether (sulfide) groups is 1. The second kappa shape index (κ2) is 7.42. The zero-order valence-corrected chi connectivity index (χ0v) is 15.1. The summed E-state index contributed by atoms with van der Waals surface area (Å²) in [6.07, 6.45) is 3.47. The fourth-order valence-corrected chi connectivity index (χ4v) is 3.68. The molecule has 0 radical (unpaired) electrons. The van der Waals surface area contributed by atoms with Crippen LogP contribution in [0.4, 0.5) is 0 Å². The number of nitrogens with one attached hydrogen (secondary N) is 1. The molecule has 1 aromatic carbocycles. The second-order valence-corrected chi connectivity index (χ2v) is 7.80. The largest absolute Gasteiger partial charge is 0.352 e. The van der Waals surface area contributed by atoms with Crippen LogP contribution in [-0.4, -0.2) is 28.0 Å². The summed E-state index contributed by atoms with van der Waals surface area (Å²) in [5.74, 6) is -2.15. The SMILES string of the molecule is C[C@H](Sc1ccnc2cc(Cl)ccc12)C(=O)[C@@H](C#N)C(=O)NC1CC1. The van der Waals surface area contributed by atoms with Gasteiger partial charge in [0.05, 0.1) is 16.8 Å². The summed E-state index contributed by atoms with van der Waals surface area (Å²) in [4.78, 5) is 29.8. The van der Waals surface area contributed by atoms with Crippen LogP contribution in [0.3, 0.4) is 0 Å². The van der Waals surface area contributed by atoms with Crippen LogP contribution in [0.5, 0.6) is 0 Å². The average Bonchev–Trinajstić information content (AvgIpc) is 3.39. The number of Topliss-reactive ketones (excluding diaryl/α,β-unsaturated/α-hetero) is 1. The van der Waals surface area contributed by atoms with E-state index < -0.39 is 17.1 Å². The maximum absolute atomic E-state index is 12.6. The van der Waals surface area contributed by atoms with Gasteiger partial charge in [-0.05, 0) is 38.0 Å². The maximum atomic E-state index is 12.6. The Morgan fingerprint density at radius 1 is 1.40 bits per heavy atom. The van der Waals surface area contributed by atoms with Crippen LogP contribution in [0.15, 0.2) is 35.4 Å². The summed E-state index contributed by atoms with van der Waals surface area (Å²) in [5, 5.41) is 12.9. The van der Waals surface area contributed by atoms with Crippen molar-refractivity contribution in [1.29, 1.82) is 5.26 Å². The Morgan fingerprint density at radius 2 is 2.16 bits per heavy atom. The molecule has 0 unspecified atom stereocenters. The predicted molar refractivity (Wildman–Crippen MR) is 97.3 cm³/mol. The van der Waals surface area contributed by atoms with E-state index in [1.807, 2.05) is 18.2 Å². The lowest BCUT2D eigenvalue weighted by molar-refractivity contribution is -0.131. The first-order chi connectivity index (χ1) is 12.0. The van der Waals surface area contributed by atoms with Crippen molar-refractivity contribution in [3.05, 3.63) is 35.5 Å². The van der Waals surface area contributed by atoms with Gasteiger partial charge >= 0.3 is 0 Å². The van der Waals surface area contributed by atoms with Gasteiger partial charge in [-0.15, -0.1) is 11.8 Å². The van der Waals surface area contributed by atoms with E-state index in [0.29, 0.717) is 5.02 Å². The highest BCUT2D eigenvalue weighted by molar-refractivity contribution is 8.00. The summed E-state index contributed by atoms with van der Waals surface area (Å²) in [7, 11) is 0. The fourth-order valence-electron chi connectivity index (χ4n) is 2.44. The van der Waals surface area contributed by atoms with Gasteiger partial charge in [0.1, 0.15) is 0 Å². The van der Waals surface area contributed by atoms with Gasteiger partial charge in [-0.2, -0.15) is 5.26 Å². The molecule has 1 heterocycles. The number of rotatable bonds is 6. The van der Waals surface area contributed by atoms with Crippen molar-refractivity contribution < 1.29 is 9.59 Å². The molecule has 1 aromatic heterocycles. The van der Waals surface area contributed by atoms with Gasteiger partial charge in [-0.25, -0.2) is 0 Å². The summed E-state index contributed by atoms with van der Waals surface area (Å²) in [6.45, 7) is 1.71. The summed E-state index contributed by atoms with van der Waals surface area (Å²) in [5.41, 5.74) is 0.737. The molecule has 0 bridgehead atoms. The molecule has 2 atom stereocenters. The molecule has 1 N–H and O–H groups in total. The van der Waals surface area contributed by atoms with Gasteiger partial charge in [0.25, 0.3) is 0 Å². The van der Waals surface area contributed by atoms with Crippen molar-refractivity contribution >= 4 is 46.0 Å². The van der Waals surface area contributed by atoms with E-state index in [4.69, 9.17) is 11.6 Å². The maximum Gasteiger partial charge on any atom is 0.245 e. The van der Waals surface area contributed by atoms with Crippen LogP contribution in [-0.2, 0) is 9.59 Å². The van der Waals surface area contributed by atoms with Crippen LogP contribution >= 0.6 is 23.4 Å². The smallest absolute Gasteiger partial charge is 0.245 e. The molecular weight excluding hydrogens is 358 g/mol. The Hall–Kier alpha value is -2.10. The van der Waals surface area contributed by atoms with Crippen LogP contribution in [0.2, 0.25) is 5.02 Å². The number of pyridine rings is 1. The molecule has 5 nitrogen and oxygen atoms in total. The zero-order valence-electron chi connectivity index (χ0n) is 13.5. The minimum atomic E-state index is -1.27. The van der Waals surface area contributed by atoms with Crippen molar-refractivity contribution in [2.24, 2.45) is 5.92 Å². The standard InChI is InChI=1S/C18H16ClN3O2S/c1-10(17(23)14(9-20)18(24)22-12-3-4-12)25-16-6-7-21-15-8-11(19)2-5-13(15)16/h2,5-8,10,12,14H,3-4H2,1H3,(H,22,24)/t10-,14+/m0/s1. The number of carbonyl (C=O) groups is 2. The molecule has 25 heavy (non-hydrogen) atoms. The average molecular weight is 374 g/mol. The Bertz CT molecular complexity index is 876. The van der Waals surface area contributed by atoms with E-state index in [1.165, 1.54) is 11.8 Å². The Kier molecular flexibility index (Phi) is 5.26. The van der Waals surface area contributed by atoms with E-state index >= 15 is 0 Å². The minimum Gasteiger partial charge on any atom is -0.352 e. The van der Waals surface area contributed by atoms with Gasteiger partial charge in [0, 0.05) is 27.5 Å². The first kappa shape index (κ1) is 17.7. The molecule has 1 aliphatic carbocycles. The molecule has 1 amide bonds. The molecule has 0 saturated heterocycles. The van der Waals surface area contributed by atoms with Crippen LogP contribution in [0.25, 0.3) is 10.9 Å². The van der Waals surface area contributed by atoms with E-state index in [-0.39, 0.29) is 11.8 Å². The van der Waals surface area contributed by atoms with Gasteiger partial charge in [0.2, 0.25) is 5.91 Å². The number of hydrogen-bond acceptors (Lipinski definition) is 5. The molecule has 128 valence electrons. The number of nitrogens with zero attached hydrogens (tertiary/aromatic N) is 2. The lowest BCUT2D eigenvalue weighted by atomic mass is 10.0. The summed E-state index contributed by atoms with van der Waals surface area (Å²) >= 11 is 7.31. The van der Waals surface area contributed by atoms with Crippen LogP contribution in [0.1, 0.15) is 19.8 Å². The van der Waals surface area contributed by atoms with Gasteiger partial charge < -0.3 is 5.32 Å². The van der Waals surface area contributed by atoms with Crippen molar-refractivity contribution in [3.63, 3.8) is 0 Å². The first-order valence-electron chi connectivity index (χ1n) is 7.94. The number of nitriles is 1. The third kappa shape index (κ3) is 4.12. The first-order valence-corrected chi connectivity index (χ1v) is 9.20. The van der Waals surface area contributed by atoms with E-state index in [1.54, 1.807) is 25.3 Å². The fraction of sp³-hybridized carbons (Fsp3) is 0.333. The number of ketones is 1. The monoisotopic (exact) mass is 373 g/mol. The molecule has 0 aliphatic heterocycles. The highest BCUT2D eigenvalue weighted by atomic mass is 35.5. The number of carbonyl (C=O) groups excluding carboxylic acids is 2. The van der Waals surface area contributed by atoms with Crippen molar-refractivity contribution in [1.82, 2.24) is 10.3 Å². The Morgan fingerprint density at radius 3 is 2.84 bits per heavy atom. The quantitative estimate of drug-likeness (QED) is 0.620. The number of aromatic nitrogens is 1. The molecule has 1 aliphatic rings. The van der Waals surface area contributed by atoms with E-state index in [2.05, 4.69) is 10.3 Å². The molecule has 1 saturated carbocycles. The summed E-state index contributed by atoms with van der Waals surface area (Å²) in [6, 6.07) is 9.15. The van der Waals surface area contributed by atoms with Crippen LogP contribution in [0, 0.1) is 17.2 Å². The van der Waals surface area contributed by atoms with Gasteiger partial charge in [-0.1, -0.05) is 17.7 Å². The molecule has 3 rings (SSSR count). The third-order valence-corrected chi connectivity index (χ3v) is 5.40. The van der Waals surface area contributed by atoms with Gasteiger partial charge in [-0.3, -0.25) is 14.6 Å². The summed E-state index contributed by atoms with van der Waals surface area (Å²) < 4.78 is 0. The Balaban J connectivity index is 1.76. The zero-order chi connectivity index (χ0) is 18.0. The highest BCUT2D eigenvalue weighted by Gasteiger charge is 2.34. The molecule has 0 spiro atoms. The van der Waals surface area contributed by atoms with Gasteiger partial charge in [0.15, 0.2) is 11.7 Å². The van der Waals surface area contributed by atoms with E-state index in [0.717, 1.165) is 28.6 Å². The van der Waals surface area contributed by atoms with Crippen molar-refractivity contribution in [3.8, 4) is 6.07 Å². The molecule has 2 aromatic rings. The minimum absolute atomic E-state index is 0.119. The second-order valence-electron chi connectivity index (χ2n) is 5.98. The van der Waals surface area contributed by atoms with Crippen LogP contribution < -0.4 is 5.32 Å². The van der Waals surface area contributed by atoms with Crippen molar-refractivity contribution in [2.45, 2.75) is 36.0 Å². The number of benzene rings is 1. The Labute approximate surface area is 154 Å². The molecular formula is C18H16ClN3O2S. The number of amides is 1. The third-order valence-electron chi connectivity index (χ3n) is 3.97. The number of hydrogen-bond donors (Lipinski definition) is 1. The normalized spacial score (nSPS) is 16.0. The topological polar surface area (TPSA) is 82.8 Å². The number of fused-ring (bicyclic) bond motifs is 1. The lowest BCUT2D eigenvalue weighted by Gasteiger charge is -2.15. The van der Waals surface area contributed by atoms with E-state index in [9.17, 15) is 14.9 Å². The number of halogens is 1.